The molecule has 0 aliphatic carbocycles. The fraction of sp³-hybridized carbons (Fsp3) is 0.500. The molecule has 1 fully saturated rings. The first-order valence-electron chi connectivity index (χ1n) is 6.51. The standard InChI is InChI=1S/C14H17ClINO2/c15-12-9-10(4-5-13(12)16)14(18)17-7-6-11-3-1-2-8-19-11/h4-5,9,11H,1-3,6-8H2,(H,17,18). The first kappa shape index (κ1) is 15.1. The smallest absolute Gasteiger partial charge is 0.251 e. The number of halogens is 2. The fourth-order valence-electron chi connectivity index (χ4n) is 2.12. The van der Waals surface area contributed by atoms with Crippen LogP contribution in [0.4, 0.5) is 0 Å². The maximum atomic E-state index is 11.9. The van der Waals surface area contributed by atoms with Crippen LogP contribution in [0.15, 0.2) is 18.2 Å². The summed E-state index contributed by atoms with van der Waals surface area (Å²) in [4.78, 5) is 11.9. The van der Waals surface area contributed by atoms with Crippen LogP contribution in [0.1, 0.15) is 36.0 Å². The second-order valence-corrected chi connectivity index (χ2v) is 6.23. The summed E-state index contributed by atoms with van der Waals surface area (Å²) in [5.74, 6) is -0.0749. The Labute approximate surface area is 132 Å². The Morgan fingerprint density at radius 3 is 3.00 bits per heavy atom. The van der Waals surface area contributed by atoms with Crippen molar-refractivity contribution >= 4 is 40.1 Å². The fourth-order valence-corrected chi connectivity index (χ4v) is 2.64. The van der Waals surface area contributed by atoms with E-state index in [1.54, 1.807) is 12.1 Å². The van der Waals surface area contributed by atoms with Crippen LogP contribution in [-0.2, 0) is 4.74 Å². The third-order valence-electron chi connectivity index (χ3n) is 3.21. The van der Waals surface area contributed by atoms with E-state index in [1.807, 2.05) is 6.07 Å². The van der Waals surface area contributed by atoms with Crippen molar-refractivity contribution in [2.24, 2.45) is 0 Å². The van der Waals surface area contributed by atoms with E-state index in [2.05, 4.69) is 27.9 Å². The molecule has 0 aromatic heterocycles. The number of hydrogen-bond donors (Lipinski definition) is 1. The molecule has 104 valence electrons. The van der Waals surface area contributed by atoms with Crippen molar-refractivity contribution in [2.75, 3.05) is 13.2 Å². The summed E-state index contributed by atoms with van der Waals surface area (Å²) in [6.07, 6.45) is 4.67. The molecule has 1 heterocycles. The van der Waals surface area contributed by atoms with E-state index in [-0.39, 0.29) is 5.91 Å². The molecular formula is C14H17ClINO2. The average Bonchev–Trinajstić information content (AvgIpc) is 2.43. The molecule has 1 N–H and O–H groups in total. The third kappa shape index (κ3) is 4.61. The van der Waals surface area contributed by atoms with Gasteiger partial charge >= 0.3 is 0 Å². The van der Waals surface area contributed by atoms with Crippen LogP contribution in [0.3, 0.4) is 0 Å². The number of ether oxygens (including phenoxy) is 1. The van der Waals surface area contributed by atoms with E-state index in [9.17, 15) is 4.79 Å². The lowest BCUT2D eigenvalue weighted by Gasteiger charge is -2.22. The Hall–Kier alpha value is -0.330. The SMILES string of the molecule is O=C(NCCC1CCCCO1)c1ccc(I)c(Cl)c1. The Morgan fingerprint density at radius 2 is 2.32 bits per heavy atom. The second kappa shape index (κ2) is 7.45. The van der Waals surface area contributed by atoms with Crippen molar-refractivity contribution < 1.29 is 9.53 Å². The summed E-state index contributed by atoms with van der Waals surface area (Å²) in [5.41, 5.74) is 0.606. The van der Waals surface area contributed by atoms with Gasteiger partial charge in [0.25, 0.3) is 5.91 Å². The number of carbonyl (C=O) groups excluding carboxylic acids is 1. The largest absolute Gasteiger partial charge is 0.378 e. The summed E-state index contributed by atoms with van der Waals surface area (Å²) < 4.78 is 6.58. The third-order valence-corrected chi connectivity index (χ3v) is 4.78. The van der Waals surface area contributed by atoms with Crippen LogP contribution in [0.25, 0.3) is 0 Å². The van der Waals surface area contributed by atoms with E-state index >= 15 is 0 Å². The number of amides is 1. The minimum Gasteiger partial charge on any atom is -0.378 e. The molecule has 1 atom stereocenters. The summed E-state index contributed by atoms with van der Waals surface area (Å²) in [6.45, 7) is 1.50. The van der Waals surface area contributed by atoms with E-state index in [0.29, 0.717) is 23.2 Å². The number of benzene rings is 1. The molecule has 19 heavy (non-hydrogen) atoms. The lowest BCUT2D eigenvalue weighted by molar-refractivity contribution is 0.0117. The van der Waals surface area contributed by atoms with Crippen molar-refractivity contribution in [3.05, 3.63) is 32.4 Å². The quantitative estimate of drug-likeness (QED) is 0.793. The first-order valence-corrected chi connectivity index (χ1v) is 7.97. The highest BCUT2D eigenvalue weighted by molar-refractivity contribution is 14.1. The molecule has 3 nitrogen and oxygen atoms in total. The Morgan fingerprint density at radius 1 is 1.47 bits per heavy atom. The predicted octanol–water partition coefficient (Wildman–Crippen LogP) is 3.63. The molecule has 2 rings (SSSR count). The highest BCUT2D eigenvalue weighted by Gasteiger charge is 2.14. The predicted molar refractivity (Wildman–Crippen MR) is 84.7 cm³/mol. The molecule has 1 unspecified atom stereocenters. The number of carbonyl (C=O) groups is 1. The van der Waals surface area contributed by atoms with Crippen molar-refractivity contribution in [3.63, 3.8) is 0 Å². The van der Waals surface area contributed by atoms with Crippen molar-refractivity contribution in [1.29, 1.82) is 0 Å². The maximum Gasteiger partial charge on any atom is 0.251 e. The van der Waals surface area contributed by atoms with Crippen molar-refractivity contribution in [2.45, 2.75) is 31.8 Å². The van der Waals surface area contributed by atoms with Gasteiger partial charge in [-0.05, 0) is 66.5 Å². The van der Waals surface area contributed by atoms with Crippen LogP contribution in [0, 0.1) is 3.57 Å². The number of hydrogen-bond acceptors (Lipinski definition) is 2. The molecule has 1 aromatic carbocycles. The monoisotopic (exact) mass is 393 g/mol. The molecule has 0 saturated carbocycles. The van der Waals surface area contributed by atoms with Gasteiger partial charge in [0, 0.05) is 22.3 Å². The van der Waals surface area contributed by atoms with Gasteiger partial charge in [-0.1, -0.05) is 11.6 Å². The van der Waals surface area contributed by atoms with Crippen LogP contribution in [-0.4, -0.2) is 25.2 Å². The molecule has 1 amide bonds. The maximum absolute atomic E-state index is 11.9. The van der Waals surface area contributed by atoms with E-state index in [0.717, 1.165) is 29.4 Å². The molecular weight excluding hydrogens is 377 g/mol. The topological polar surface area (TPSA) is 38.3 Å². The summed E-state index contributed by atoms with van der Waals surface area (Å²) >= 11 is 8.15. The van der Waals surface area contributed by atoms with Crippen LogP contribution in [0.2, 0.25) is 5.02 Å². The molecule has 1 saturated heterocycles. The van der Waals surface area contributed by atoms with Gasteiger partial charge in [-0.3, -0.25) is 4.79 Å². The molecule has 1 aromatic rings. The van der Waals surface area contributed by atoms with Gasteiger partial charge in [0.2, 0.25) is 0 Å². The van der Waals surface area contributed by atoms with Gasteiger partial charge in [-0.25, -0.2) is 0 Å². The zero-order valence-corrected chi connectivity index (χ0v) is 13.5. The summed E-state index contributed by atoms with van der Waals surface area (Å²) in [5, 5.41) is 3.53. The second-order valence-electron chi connectivity index (χ2n) is 4.66. The molecule has 0 radical (unpaired) electrons. The van der Waals surface area contributed by atoms with Crippen LogP contribution in [0.5, 0.6) is 0 Å². The minimum atomic E-state index is -0.0749. The van der Waals surface area contributed by atoms with E-state index in [1.165, 1.54) is 6.42 Å². The first-order chi connectivity index (χ1) is 9.16. The lowest BCUT2D eigenvalue weighted by Crippen LogP contribution is -2.29. The Bertz CT molecular complexity index is 447. The molecule has 1 aliphatic rings. The Balaban J connectivity index is 1.78. The molecule has 5 heteroatoms. The lowest BCUT2D eigenvalue weighted by atomic mass is 10.1. The van der Waals surface area contributed by atoms with Gasteiger partial charge < -0.3 is 10.1 Å². The van der Waals surface area contributed by atoms with E-state index < -0.39 is 0 Å². The molecule has 0 bridgehead atoms. The summed E-state index contributed by atoms with van der Waals surface area (Å²) in [6, 6.07) is 5.35. The molecule has 1 aliphatic heterocycles. The van der Waals surface area contributed by atoms with Crippen LogP contribution < -0.4 is 5.32 Å². The highest BCUT2D eigenvalue weighted by atomic mass is 127. The minimum absolute atomic E-state index is 0.0749. The number of rotatable bonds is 4. The average molecular weight is 394 g/mol. The van der Waals surface area contributed by atoms with Gasteiger partial charge in [0.05, 0.1) is 11.1 Å². The van der Waals surface area contributed by atoms with Crippen LogP contribution >= 0.6 is 34.2 Å². The summed E-state index contributed by atoms with van der Waals surface area (Å²) in [7, 11) is 0. The normalized spacial score (nSPS) is 19.2. The van der Waals surface area contributed by atoms with Crippen molar-refractivity contribution in [3.8, 4) is 0 Å². The van der Waals surface area contributed by atoms with Gasteiger partial charge in [-0.15, -0.1) is 0 Å². The zero-order chi connectivity index (χ0) is 13.7. The van der Waals surface area contributed by atoms with Crippen molar-refractivity contribution in [1.82, 2.24) is 5.32 Å². The van der Waals surface area contributed by atoms with Gasteiger partial charge in [0.15, 0.2) is 0 Å². The number of nitrogens with one attached hydrogen (secondary N) is 1. The van der Waals surface area contributed by atoms with Gasteiger partial charge in [0.1, 0.15) is 0 Å². The molecule has 0 spiro atoms. The highest BCUT2D eigenvalue weighted by Crippen LogP contribution is 2.19. The van der Waals surface area contributed by atoms with Gasteiger partial charge in [-0.2, -0.15) is 0 Å². The Kier molecular flexibility index (Phi) is 5.91. The van der Waals surface area contributed by atoms with E-state index in [4.69, 9.17) is 16.3 Å². The zero-order valence-electron chi connectivity index (χ0n) is 10.6.